The number of ether oxygens (including phenoxy) is 1. The van der Waals surface area contributed by atoms with Gasteiger partial charge in [-0.1, -0.05) is 0 Å². The molecular weight excluding hydrogens is 535 g/mol. The summed E-state index contributed by atoms with van der Waals surface area (Å²) in [6, 6.07) is 3.01. The zero-order valence-electron chi connectivity index (χ0n) is 22.5. The summed E-state index contributed by atoms with van der Waals surface area (Å²) >= 11 is 0. The Balaban J connectivity index is 1.20. The second-order valence-electron chi connectivity index (χ2n) is 11.7. The number of esters is 1. The molecule has 2 aliphatic carbocycles. The highest BCUT2D eigenvalue weighted by atomic mass is 19.4. The highest BCUT2D eigenvalue weighted by Gasteiger charge is 2.47. The third-order valence-corrected chi connectivity index (χ3v) is 9.19. The number of likely N-dealkylation sites (tertiary alicyclic amines) is 1. The predicted molar refractivity (Wildman–Crippen MR) is 136 cm³/mol. The quantitative estimate of drug-likeness (QED) is 0.250. The maximum Gasteiger partial charge on any atom is 0.391 e. The van der Waals surface area contributed by atoms with Crippen LogP contribution in [0.4, 0.5) is 22.0 Å². The van der Waals surface area contributed by atoms with Gasteiger partial charge in [-0.15, -0.1) is 0 Å². The van der Waals surface area contributed by atoms with Gasteiger partial charge in [0, 0.05) is 12.0 Å². The number of carbonyl (C=O) groups excluding carboxylic acids is 3. The monoisotopic (exact) mass is 572 g/mol. The molecule has 3 aliphatic rings. The number of benzene rings is 1. The van der Waals surface area contributed by atoms with Gasteiger partial charge in [0.15, 0.2) is 11.4 Å². The Morgan fingerprint density at radius 3 is 2.10 bits per heavy atom. The molecule has 1 heterocycles. The predicted octanol–water partition coefficient (Wildman–Crippen LogP) is 5.58. The lowest BCUT2D eigenvalue weighted by Crippen LogP contribution is -2.51. The van der Waals surface area contributed by atoms with E-state index in [1.54, 1.807) is 0 Å². The molecule has 2 N–H and O–H groups in total. The lowest BCUT2D eigenvalue weighted by molar-refractivity contribution is -0.191. The second kappa shape index (κ2) is 12.5. The summed E-state index contributed by atoms with van der Waals surface area (Å²) in [4.78, 5) is 40.0. The van der Waals surface area contributed by atoms with Gasteiger partial charge >= 0.3 is 12.1 Å². The molecule has 1 aliphatic heterocycles. The molecule has 0 unspecified atom stereocenters. The Kier molecular flexibility index (Phi) is 9.52. The van der Waals surface area contributed by atoms with Gasteiger partial charge in [0.25, 0.3) is 5.91 Å². The molecule has 222 valence electrons. The number of piperidine rings is 1. The maximum absolute atomic E-state index is 14.0. The molecular formula is C29H37F5N2O4. The third-order valence-electron chi connectivity index (χ3n) is 9.19. The third kappa shape index (κ3) is 7.19. The fourth-order valence-corrected chi connectivity index (χ4v) is 6.46. The number of rotatable bonds is 8. The number of nitrogens with zero attached hydrogens (tertiary/aromatic N) is 1. The fourth-order valence-electron chi connectivity index (χ4n) is 6.46. The van der Waals surface area contributed by atoms with Crippen molar-refractivity contribution in [3.63, 3.8) is 0 Å². The minimum atomic E-state index is -4.27. The summed E-state index contributed by atoms with van der Waals surface area (Å²) in [6.07, 6.45) is -0.458. The first kappa shape index (κ1) is 30.4. The van der Waals surface area contributed by atoms with Crippen LogP contribution in [-0.2, 0) is 14.3 Å². The summed E-state index contributed by atoms with van der Waals surface area (Å²) in [7, 11) is 0. The summed E-state index contributed by atoms with van der Waals surface area (Å²) in [5, 5.41) is 0. The molecule has 2 saturated carbocycles. The van der Waals surface area contributed by atoms with Gasteiger partial charge in [-0.25, -0.2) is 8.78 Å². The summed E-state index contributed by atoms with van der Waals surface area (Å²) in [6.45, 7) is 2.17. The van der Waals surface area contributed by atoms with Crippen LogP contribution in [0.5, 0.6) is 0 Å². The van der Waals surface area contributed by atoms with E-state index >= 15 is 0 Å². The van der Waals surface area contributed by atoms with Crippen molar-refractivity contribution in [3.8, 4) is 0 Å². The number of hydrogen-bond acceptors (Lipinski definition) is 5. The van der Waals surface area contributed by atoms with Crippen molar-refractivity contribution in [2.75, 3.05) is 19.6 Å². The van der Waals surface area contributed by atoms with Crippen molar-refractivity contribution < 1.29 is 41.1 Å². The fraction of sp³-hybridized carbons (Fsp3) is 0.690. The lowest BCUT2D eigenvalue weighted by atomic mass is 9.76. The zero-order valence-corrected chi connectivity index (χ0v) is 22.5. The summed E-state index contributed by atoms with van der Waals surface area (Å²) in [5.41, 5.74) is 4.16. The molecule has 0 aromatic heterocycles. The van der Waals surface area contributed by atoms with E-state index in [0.29, 0.717) is 44.7 Å². The first-order valence-corrected chi connectivity index (χ1v) is 14.2. The van der Waals surface area contributed by atoms with Crippen LogP contribution >= 0.6 is 0 Å². The number of primary amides is 1. The van der Waals surface area contributed by atoms with E-state index in [9.17, 15) is 36.3 Å². The molecule has 0 radical (unpaired) electrons. The molecule has 4 rings (SSSR count). The van der Waals surface area contributed by atoms with E-state index in [0.717, 1.165) is 25.1 Å². The lowest BCUT2D eigenvalue weighted by Gasteiger charge is -2.39. The number of ketones is 1. The van der Waals surface area contributed by atoms with Gasteiger partial charge in [0.05, 0.1) is 17.4 Å². The second-order valence-corrected chi connectivity index (χ2v) is 11.7. The Hall–Kier alpha value is -2.56. The minimum Gasteiger partial charge on any atom is -0.449 e. The van der Waals surface area contributed by atoms with Crippen LogP contribution in [0, 0.1) is 35.3 Å². The van der Waals surface area contributed by atoms with Crippen LogP contribution in [0.1, 0.15) is 81.0 Å². The smallest absolute Gasteiger partial charge is 0.391 e. The normalized spacial score (nSPS) is 28.7. The van der Waals surface area contributed by atoms with Crippen LogP contribution in [0.3, 0.4) is 0 Å². The first-order chi connectivity index (χ1) is 18.9. The van der Waals surface area contributed by atoms with Crippen LogP contribution in [0.15, 0.2) is 18.2 Å². The SMILES string of the molecule is NC(=O)C1(OC(=O)C2CCC(C(F)(F)F)CC2)CCC(CCN2CCC(C(=O)c3ccc(F)cc3F)CC2)CC1. The number of hydrogen-bond donors (Lipinski definition) is 1. The molecule has 6 nitrogen and oxygen atoms in total. The minimum absolute atomic E-state index is 0.0744. The van der Waals surface area contributed by atoms with E-state index in [-0.39, 0.29) is 55.8 Å². The van der Waals surface area contributed by atoms with Crippen molar-refractivity contribution in [1.29, 1.82) is 0 Å². The molecule has 1 amide bonds. The van der Waals surface area contributed by atoms with Crippen molar-refractivity contribution in [3.05, 3.63) is 35.4 Å². The summed E-state index contributed by atoms with van der Waals surface area (Å²) < 4.78 is 71.7. The van der Waals surface area contributed by atoms with Crippen molar-refractivity contribution in [2.45, 2.75) is 82.4 Å². The number of alkyl halides is 3. The molecule has 0 spiro atoms. The van der Waals surface area contributed by atoms with E-state index in [1.165, 1.54) is 6.07 Å². The van der Waals surface area contributed by atoms with Gasteiger partial charge in [-0.2, -0.15) is 13.2 Å². The van der Waals surface area contributed by atoms with E-state index in [1.807, 2.05) is 0 Å². The number of amides is 1. The standard InChI is InChI=1S/C29H37F5N2O4/c30-22-5-6-23(24(31)17-22)25(37)19-10-15-36(16-11-19)14-9-18-7-12-28(13-8-18,27(35)39)40-26(38)20-1-3-21(4-2-20)29(32,33)34/h5-6,17-21H,1-4,7-16H2,(H2,35,39). The van der Waals surface area contributed by atoms with E-state index in [4.69, 9.17) is 10.5 Å². The Morgan fingerprint density at radius 1 is 0.925 bits per heavy atom. The molecule has 0 atom stereocenters. The highest BCUT2D eigenvalue weighted by molar-refractivity contribution is 5.98. The molecule has 11 heteroatoms. The number of carbonyl (C=O) groups is 3. The molecule has 3 fully saturated rings. The molecule has 1 saturated heterocycles. The summed E-state index contributed by atoms with van der Waals surface area (Å²) in [5.74, 6) is -5.26. The molecule has 1 aromatic carbocycles. The average molecular weight is 573 g/mol. The van der Waals surface area contributed by atoms with Crippen molar-refractivity contribution in [1.82, 2.24) is 4.90 Å². The van der Waals surface area contributed by atoms with E-state index < -0.39 is 47.1 Å². The van der Waals surface area contributed by atoms with Gasteiger partial charge in [0.2, 0.25) is 0 Å². The van der Waals surface area contributed by atoms with Crippen LogP contribution in [0.25, 0.3) is 0 Å². The maximum atomic E-state index is 14.0. The van der Waals surface area contributed by atoms with Crippen LogP contribution < -0.4 is 5.73 Å². The number of halogens is 5. The van der Waals surface area contributed by atoms with Crippen LogP contribution in [-0.4, -0.2) is 54.0 Å². The van der Waals surface area contributed by atoms with Crippen molar-refractivity contribution in [2.24, 2.45) is 29.4 Å². The molecule has 0 bridgehead atoms. The van der Waals surface area contributed by atoms with E-state index in [2.05, 4.69) is 4.90 Å². The largest absolute Gasteiger partial charge is 0.449 e. The molecule has 40 heavy (non-hydrogen) atoms. The van der Waals surface area contributed by atoms with Gasteiger partial charge in [-0.3, -0.25) is 14.4 Å². The number of Topliss-reactive ketones (excluding diaryl/α,β-unsaturated/α-hetero) is 1. The van der Waals surface area contributed by atoms with Crippen molar-refractivity contribution >= 4 is 17.7 Å². The highest BCUT2D eigenvalue weighted by Crippen LogP contribution is 2.42. The Bertz CT molecular complexity index is 1070. The Labute approximate surface area is 230 Å². The Morgan fingerprint density at radius 2 is 1.55 bits per heavy atom. The molecule has 1 aromatic rings. The number of nitrogens with two attached hydrogens (primary N) is 1. The van der Waals surface area contributed by atoms with Gasteiger partial charge < -0.3 is 15.4 Å². The topological polar surface area (TPSA) is 89.7 Å². The van der Waals surface area contributed by atoms with Crippen LogP contribution in [0.2, 0.25) is 0 Å². The zero-order chi connectivity index (χ0) is 29.1. The average Bonchev–Trinajstić information content (AvgIpc) is 2.92. The van der Waals surface area contributed by atoms with Gasteiger partial charge in [0.1, 0.15) is 11.6 Å². The van der Waals surface area contributed by atoms with Gasteiger partial charge in [-0.05, 0) is 108 Å². The first-order valence-electron chi connectivity index (χ1n) is 14.2.